The van der Waals surface area contributed by atoms with Crippen LogP contribution in [0.1, 0.15) is 43.8 Å². The van der Waals surface area contributed by atoms with E-state index in [1.165, 1.54) is 0 Å². The fraction of sp³-hybridized carbons (Fsp3) is 0.556. The predicted octanol–water partition coefficient (Wildman–Crippen LogP) is 2.97. The van der Waals surface area contributed by atoms with E-state index in [0.29, 0.717) is 39.1 Å². The Bertz CT molecular complexity index is 474. The van der Waals surface area contributed by atoms with Gasteiger partial charge in [-0.2, -0.15) is 0 Å². The molecule has 1 aromatic rings. The molecule has 0 bridgehead atoms. The summed E-state index contributed by atoms with van der Waals surface area (Å²) in [6, 6.07) is 9.53. The zero-order valence-corrected chi connectivity index (χ0v) is 14.1. The molecule has 24 heavy (non-hydrogen) atoms. The number of carbonyl (C=O) groups is 2. The lowest BCUT2D eigenvalue weighted by Crippen LogP contribution is -2.14. The van der Waals surface area contributed by atoms with Gasteiger partial charge in [-0.1, -0.05) is 30.3 Å². The highest BCUT2D eigenvalue weighted by Crippen LogP contribution is 2.22. The molecule has 1 N–H and O–H groups in total. The minimum absolute atomic E-state index is 0.0722. The van der Waals surface area contributed by atoms with Gasteiger partial charge < -0.3 is 19.3 Å². The third-order valence-corrected chi connectivity index (χ3v) is 3.42. The zero-order valence-electron chi connectivity index (χ0n) is 14.1. The molecule has 0 aromatic heterocycles. The van der Waals surface area contributed by atoms with E-state index in [4.69, 9.17) is 19.3 Å². The quantitative estimate of drug-likeness (QED) is 0.440. The molecule has 1 rings (SSSR count). The second kappa shape index (κ2) is 12.5. The number of carboxylic acid groups (broad SMARTS) is 1. The monoisotopic (exact) mass is 338 g/mol. The molecule has 0 aliphatic heterocycles. The van der Waals surface area contributed by atoms with E-state index < -0.39 is 5.97 Å². The molecule has 0 aliphatic carbocycles. The predicted molar refractivity (Wildman–Crippen MR) is 88.7 cm³/mol. The summed E-state index contributed by atoms with van der Waals surface area (Å²) in [6.45, 7) is 1.50. The molecule has 1 aromatic carbocycles. The fourth-order valence-electron chi connectivity index (χ4n) is 2.16. The average Bonchev–Trinajstić information content (AvgIpc) is 2.58. The lowest BCUT2D eigenvalue weighted by Gasteiger charge is -2.18. The maximum atomic E-state index is 12.0. The van der Waals surface area contributed by atoms with Crippen molar-refractivity contribution in [2.75, 3.05) is 26.9 Å². The molecule has 6 nitrogen and oxygen atoms in total. The van der Waals surface area contributed by atoms with Gasteiger partial charge in [0, 0.05) is 26.4 Å². The van der Waals surface area contributed by atoms with Crippen molar-refractivity contribution < 1.29 is 28.9 Å². The third-order valence-electron chi connectivity index (χ3n) is 3.42. The SMILES string of the molecule is COCCOCCC(OC(=O)CCCCC(=O)O)c1ccccc1. The van der Waals surface area contributed by atoms with Crippen LogP contribution in [0.3, 0.4) is 0 Å². The number of ether oxygens (including phenoxy) is 3. The molecule has 0 saturated carbocycles. The second-order valence-corrected chi connectivity index (χ2v) is 5.38. The summed E-state index contributed by atoms with van der Waals surface area (Å²) in [5.74, 6) is -1.16. The Kier molecular flexibility index (Phi) is 10.5. The van der Waals surface area contributed by atoms with Gasteiger partial charge in [-0.25, -0.2) is 0 Å². The van der Waals surface area contributed by atoms with Crippen LogP contribution in [0.2, 0.25) is 0 Å². The van der Waals surface area contributed by atoms with E-state index in [1.807, 2.05) is 30.3 Å². The molecule has 0 radical (unpaired) electrons. The van der Waals surface area contributed by atoms with Gasteiger partial charge in [0.15, 0.2) is 0 Å². The minimum atomic E-state index is -0.848. The van der Waals surface area contributed by atoms with Crippen molar-refractivity contribution in [2.24, 2.45) is 0 Å². The number of unbranched alkanes of at least 4 members (excludes halogenated alkanes) is 1. The maximum absolute atomic E-state index is 12.0. The van der Waals surface area contributed by atoms with Crippen molar-refractivity contribution in [1.82, 2.24) is 0 Å². The Morgan fingerprint density at radius 2 is 1.75 bits per heavy atom. The van der Waals surface area contributed by atoms with Crippen molar-refractivity contribution >= 4 is 11.9 Å². The normalized spacial score (nSPS) is 11.9. The van der Waals surface area contributed by atoms with Crippen molar-refractivity contribution in [3.05, 3.63) is 35.9 Å². The van der Waals surface area contributed by atoms with Crippen LogP contribution in [0.4, 0.5) is 0 Å². The summed E-state index contributed by atoms with van der Waals surface area (Å²) in [7, 11) is 1.61. The molecule has 0 fully saturated rings. The molecule has 6 heteroatoms. The topological polar surface area (TPSA) is 82.1 Å². The number of carboxylic acids is 1. The Morgan fingerprint density at radius 1 is 1.04 bits per heavy atom. The standard InChI is InChI=1S/C18H26O6/c1-22-13-14-23-12-11-16(15-7-3-2-4-8-15)24-18(21)10-6-5-9-17(19)20/h2-4,7-8,16H,5-6,9-14H2,1H3,(H,19,20). The van der Waals surface area contributed by atoms with Gasteiger partial charge in [0.05, 0.1) is 19.8 Å². The second-order valence-electron chi connectivity index (χ2n) is 5.38. The smallest absolute Gasteiger partial charge is 0.306 e. The number of esters is 1. The van der Waals surface area contributed by atoms with Crippen LogP contribution in [0.5, 0.6) is 0 Å². The number of carbonyl (C=O) groups excluding carboxylic acids is 1. The van der Waals surface area contributed by atoms with E-state index in [2.05, 4.69) is 0 Å². The summed E-state index contributed by atoms with van der Waals surface area (Å²) in [5.41, 5.74) is 0.923. The van der Waals surface area contributed by atoms with E-state index in [9.17, 15) is 9.59 Å². The highest BCUT2D eigenvalue weighted by molar-refractivity contribution is 5.70. The Morgan fingerprint density at radius 3 is 2.42 bits per heavy atom. The first kappa shape index (κ1) is 20.1. The van der Waals surface area contributed by atoms with Crippen LogP contribution in [-0.4, -0.2) is 44.0 Å². The Labute approximate surface area is 142 Å². The lowest BCUT2D eigenvalue weighted by molar-refractivity contribution is -0.151. The minimum Gasteiger partial charge on any atom is -0.481 e. The maximum Gasteiger partial charge on any atom is 0.306 e. The molecule has 0 aliphatic rings. The van der Waals surface area contributed by atoms with Gasteiger partial charge in [-0.05, 0) is 18.4 Å². The molecular weight excluding hydrogens is 312 g/mol. The highest BCUT2D eigenvalue weighted by atomic mass is 16.5. The van der Waals surface area contributed by atoms with Crippen LogP contribution < -0.4 is 0 Å². The number of aliphatic carboxylic acids is 1. The van der Waals surface area contributed by atoms with Gasteiger partial charge >= 0.3 is 11.9 Å². The Balaban J connectivity index is 2.43. The van der Waals surface area contributed by atoms with Crippen molar-refractivity contribution in [3.8, 4) is 0 Å². The van der Waals surface area contributed by atoms with Gasteiger partial charge in [0.25, 0.3) is 0 Å². The summed E-state index contributed by atoms with van der Waals surface area (Å²) in [6.07, 6.45) is 1.48. The molecule has 1 atom stereocenters. The largest absolute Gasteiger partial charge is 0.481 e. The van der Waals surface area contributed by atoms with Crippen LogP contribution in [0.15, 0.2) is 30.3 Å². The van der Waals surface area contributed by atoms with Crippen LogP contribution in [0, 0.1) is 0 Å². The van der Waals surface area contributed by atoms with E-state index in [0.717, 1.165) is 5.56 Å². The van der Waals surface area contributed by atoms with Gasteiger partial charge in [0.1, 0.15) is 6.10 Å². The molecule has 0 saturated heterocycles. The van der Waals surface area contributed by atoms with Crippen LogP contribution in [0.25, 0.3) is 0 Å². The van der Waals surface area contributed by atoms with Crippen LogP contribution in [-0.2, 0) is 23.8 Å². The highest BCUT2D eigenvalue weighted by Gasteiger charge is 2.16. The number of methoxy groups -OCH3 is 1. The van der Waals surface area contributed by atoms with Gasteiger partial charge in [-0.15, -0.1) is 0 Å². The van der Waals surface area contributed by atoms with E-state index in [1.54, 1.807) is 7.11 Å². The number of hydrogen-bond donors (Lipinski definition) is 1. The number of rotatable bonds is 13. The number of hydrogen-bond acceptors (Lipinski definition) is 5. The summed E-state index contributed by atoms with van der Waals surface area (Å²) < 4.78 is 15.9. The molecule has 1 unspecified atom stereocenters. The first-order chi connectivity index (χ1) is 11.6. The molecule has 134 valence electrons. The van der Waals surface area contributed by atoms with Crippen molar-refractivity contribution in [3.63, 3.8) is 0 Å². The van der Waals surface area contributed by atoms with Crippen molar-refractivity contribution in [2.45, 2.75) is 38.2 Å². The Hall–Kier alpha value is -1.92. The first-order valence-electron chi connectivity index (χ1n) is 8.16. The molecule has 0 spiro atoms. The third kappa shape index (κ3) is 9.27. The zero-order chi connectivity index (χ0) is 17.6. The first-order valence-corrected chi connectivity index (χ1v) is 8.16. The summed E-state index contributed by atoms with van der Waals surface area (Å²) in [5, 5.41) is 8.59. The molecule has 0 amide bonds. The van der Waals surface area contributed by atoms with E-state index >= 15 is 0 Å². The molecule has 0 heterocycles. The van der Waals surface area contributed by atoms with E-state index in [-0.39, 0.29) is 24.9 Å². The number of benzene rings is 1. The van der Waals surface area contributed by atoms with Crippen molar-refractivity contribution in [1.29, 1.82) is 0 Å². The fourth-order valence-corrected chi connectivity index (χ4v) is 2.16. The summed E-state index contributed by atoms with van der Waals surface area (Å²) >= 11 is 0. The van der Waals surface area contributed by atoms with Crippen LogP contribution >= 0.6 is 0 Å². The van der Waals surface area contributed by atoms with Gasteiger partial charge in [0.2, 0.25) is 0 Å². The van der Waals surface area contributed by atoms with Gasteiger partial charge in [-0.3, -0.25) is 9.59 Å². The average molecular weight is 338 g/mol. The lowest BCUT2D eigenvalue weighted by atomic mass is 10.1. The molecular formula is C18H26O6. The summed E-state index contributed by atoms with van der Waals surface area (Å²) in [4.78, 5) is 22.4.